The minimum absolute atomic E-state index is 0.0431. The Morgan fingerprint density at radius 1 is 1.12 bits per heavy atom. The van der Waals surface area contributed by atoms with E-state index in [9.17, 15) is 14.9 Å². The summed E-state index contributed by atoms with van der Waals surface area (Å²) < 4.78 is 1.56. The number of nitriles is 1. The first kappa shape index (κ1) is 21.3. The minimum atomic E-state index is -0.668. The maximum absolute atomic E-state index is 13.0. The molecule has 0 N–H and O–H groups in total. The fourth-order valence-corrected chi connectivity index (χ4v) is 6.07. The fraction of sp³-hybridized carbons (Fsp3) is 0.370. The minimum Gasteiger partial charge on any atom is -0.318 e. The van der Waals surface area contributed by atoms with Crippen molar-refractivity contribution in [3.8, 4) is 17.3 Å². The summed E-state index contributed by atoms with van der Waals surface area (Å²) in [5.41, 5.74) is 4.18. The average Bonchev–Trinajstić information content (AvgIpc) is 2.83. The van der Waals surface area contributed by atoms with Gasteiger partial charge in [-0.05, 0) is 43.7 Å². The van der Waals surface area contributed by atoms with Crippen molar-refractivity contribution < 1.29 is 4.79 Å². The molecule has 5 rings (SSSR count). The number of Topliss-reactive ketones (excluding diaryl/α,β-unsaturated/α-hetero) is 1. The summed E-state index contributed by atoms with van der Waals surface area (Å²) in [5, 5.41) is 9.89. The van der Waals surface area contributed by atoms with Crippen LogP contribution in [0.3, 0.4) is 0 Å². The zero-order valence-electron chi connectivity index (χ0n) is 19.1. The Morgan fingerprint density at radius 3 is 2.58 bits per heavy atom. The number of hydrogen-bond acceptors (Lipinski definition) is 5. The lowest BCUT2D eigenvalue weighted by Crippen LogP contribution is -2.53. The maximum atomic E-state index is 13.0. The molecule has 3 aromatic rings. The number of carbonyl (C=O) groups is 1. The summed E-state index contributed by atoms with van der Waals surface area (Å²) in [6, 6.07) is 15.9. The van der Waals surface area contributed by atoms with Crippen LogP contribution in [0.2, 0.25) is 0 Å². The van der Waals surface area contributed by atoms with Crippen LogP contribution in [0.1, 0.15) is 42.4 Å². The van der Waals surface area contributed by atoms with Gasteiger partial charge in [0.2, 0.25) is 5.56 Å². The number of carbonyl (C=O) groups excluding carboxylic acids is 1. The lowest BCUT2D eigenvalue weighted by atomic mass is 9.51. The second-order valence-corrected chi connectivity index (χ2v) is 9.37. The second kappa shape index (κ2) is 7.77. The van der Waals surface area contributed by atoms with E-state index in [1.165, 1.54) is 0 Å². The molecule has 166 valence electrons. The lowest BCUT2D eigenvalue weighted by molar-refractivity contribution is -0.131. The van der Waals surface area contributed by atoms with E-state index in [0.29, 0.717) is 12.2 Å². The van der Waals surface area contributed by atoms with Crippen molar-refractivity contribution in [2.45, 2.75) is 38.5 Å². The molecule has 0 aliphatic heterocycles. The third-order valence-corrected chi connectivity index (χ3v) is 7.61. The highest BCUT2D eigenvalue weighted by Crippen LogP contribution is 2.56. The van der Waals surface area contributed by atoms with Crippen molar-refractivity contribution in [3.63, 3.8) is 0 Å². The van der Waals surface area contributed by atoms with Crippen LogP contribution in [-0.4, -0.2) is 20.3 Å². The van der Waals surface area contributed by atoms with Crippen LogP contribution >= 0.6 is 0 Å². The number of ketones is 1. The highest BCUT2D eigenvalue weighted by atomic mass is 16.1. The van der Waals surface area contributed by atoms with Gasteiger partial charge in [-0.2, -0.15) is 5.26 Å². The van der Waals surface area contributed by atoms with Gasteiger partial charge >= 0.3 is 0 Å². The number of nitrogens with zero attached hydrogens (tertiary/aromatic N) is 4. The molecule has 0 saturated heterocycles. The van der Waals surface area contributed by atoms with E-state index in [1.807, 2.05) is 44.3 Å². The highest BCUT2D eigenvalue weighted by molar-refractivity contribution is 5.87. The summed E-state index contributed by atoms with van der Waals surface area (Å²) >= 11 is 0. The van der Waals surface area contributed by atoms with E-state index in [-0.39, 0.29) is 23.2 Å². The van der Waals surface area contributed by atoms with Crippen molar-refractivity contribution in [1.29, 1.82) is 5.26 Å². The quantitative estimate of drug-likeness (QED) is 0.608. The van der Waals surface area contributed by atoms with Crippen molar-refractivity contribution >= 4 is 5.78 Å². The molecule has 0 amide bonds. The summed E-state index contributed by atoms with van der Waals surface area (Å²) in [4.78, 5) is 34.8. The normalized spacial score (nSPS) is 26.2. The molecule has 6 heteroatoms. The smallest absolute Gasteiger partial charge is 0.250 e. The second-order valence-electron chi connectivity index (χ2n) is 9.37. The summed E-state index contributed by atoms with van der Waals surface area (Å²) in [7, 11) is 1.74. The monoisotopic (exact) mass is 438 g/mol. The Kier molecular flexibility index (Phi) is 5.01. The zero-order valence-corrected chi connectivity index (χ0v) is 19.1. The number of aryl methyl sites for hydroxylation is 2. The maximum Gasteiger partial charge on any atom is 0.250 e. The molecular weight excluding hydrogens is 412 g/mol. The number of fused-ring (bicyclic) bond motifs is 3. The van der Waals surface area contributed by atoms with E-state index >= 15 is 0 Å². The molecule has 33 heavy (non-hydrogen) atoms. The van der Waals surface area contributed by atoms with Gasteiger partial charge in [-0.3, -0.25) is 9.59 Å². The standard InChI is InChI=1S/C27H26N4O2/c1-16-22-11-10-21-24(18-9-12-23(32)31(3)15-18)29-17(2)30-26(21)27(22,13-19(14-28)25(16)33)20-7-5-4-6-8-20/h4-9,12,15-16,19,22H,10-11,13H2,1-3H3/t16-,19?,22-,27+/m0/s1. The first-order chi connectivity index (χ1) is 15.9. The molecule has 1 saturated carbocycles. The Bertz CT molecular complexity index is 1350. The van der Waals surface area contributed by atoms with E-state index in [0.717, 1.165) is 40.9 Å². The zero-order chi connectivity index (χ0) is 23.3. The molecular formula is C27H26N4O2. The fourth-order valence-electron chi connectivity index (χ4n) is 6.07. The van der Waals surface area contributed by atoms with E-state index < -0.39 is 11.3 Å². The molecule has 0 radical (unpaired) electrons. The van der Waals surface area contributed by atoms with Crippen LogP contribution in [0.15, 0.2) is 53.5 Å². The van der Waals surface area contributed by atoms with Crippen LogP contribution in [0, 0.1) is 36.0 Å². The molecule has 6 nitrogen and oxygen atoms in total. The highest BCUT2D eigenvalue weighted by Gasteiger charge is 2.56. The van der Waals surface area contributed by atoms with Crippen LogP contribution in [0.25, 0.3) is 11.3 Å². The first-order valence-electron chi connectivity index (χ1n) is 11.4. The third kappa shape index (κ3) is 3.14. The third-order valence-electron chi connectivity index (χ3n) is 7.61. The van der Waals surface area contributed by atoms with Gasteiger partial charge in [-0.15, -0.1) is 0 Å². The molecule has 2 aromatic heterocycles. The molecule has 2 heterocycles. The summed E-state index contributed by atoms with van der Waals surface area (Å²) in [6.07, 6.45) is 3.81. The molecule has 1 aromatic carbocycles. The van der Waals surface area contributed by atoms with Crippen molar-refractivity contribution in [2.75, 3.05) is 0 Å². The predicted molar refractivity (Wildman–Crippen MR) is 124 cm³/mol. The van der Waals surface area contributed by atoms with Gasteiger partial charge in [0.25, 0.3) is 0 Å². The number of benzene rings is 1. The van der Waals surface area contributed by atoms with Crippen LogP contribution in [0.4, 0.5) is 0 Å². The molecule has 0 bridgehead atoms. The van der Waals surface area contributed by atoms with Gasteiger partial charge < -0.3 is 4.57 Å². The van der Waals surface area contributed by atoms with Gasteiger partial charge in [0.05, 0.1) is 17.5 Å². The molecule has 4 atom stereocenters. The van der Waals surface area contributed by atoms with Crippen molar-refractivity contribution in [1.82, 2.24) is 14.5 Å². The topological polar surface area (TPSA) is 88.6 Å². The number of rotatable bonds is 2. The molecule has 0 spiro atoms. The SMILES string of the molecule is Cc1nc(-c2ccc(=O)n(C)c2)c2c(n1)[C@@]1(c3ccccc3)CC(C#N)C(=O)[C@@H](C)[C@@H]1CC2. The lowest BCUT2D eigenvalue weighted by Gasteiger charge is -2.51. The average molecular weight is 439 g/mol. The number of pyridine rings is 1. The van der Waals surface area contributed by atoms with E-state index in [2.05, 4.69) is 18.2 Å². The summed E-state index contributed by atoms with van der Waals surface area (Å²) in [5.74, 6) is -0.147. The van der Waals surface area contributed by atoms with Gasteiger partial charge in [0, 0.05) is 41.8 Å². The van der Waals surface area contributed by atoms with Crippen LogP contribution < -0.4 is 5.56 Å². The van der Waals surface area contributed by atoms with Gasteiger partial charge in [-0.1, -0.05) is 37.3 Å². The molecule has 1 unspecified atom stereocenters. The van der Waals surface area contributed by atoms with Crippen LogP contribution in [-0.2, 0) is 23.7 Å². The Balaban J connectivity index is 1.82. The molecule has 1 fully saturated rings. The first-order valence-corrected chi connectivity index (χ1v) is 11.4. The summed E-state index contributed by atoms with van der Waals surface area (Å²) in [6.45, 7) is 3.86. The van der Waals surface area contributed by atoms with Crippen molar-refractivity contribution in [2.24, 2.45) is 24.8 Å². The predicted octanol–water partition coefficient (Wildman–Crippen LogP) is 3.75. The van der Waals surface area contributed by atoms with Gasteiger partial charge in [0.1, 0.15) is 11.7 Å². The number of hydrogen-bond donors (Lipinski definition) is 0. The Labute approximate surface area is 192 Å². The Morgan fingerprint density at radius 2 is 1.88 bits per heavy atom. The largest absolute Gasteiger partial charge is 0.318 e. The van der Waals surface area contributed by atoms with E-state index in [4.69, 9.17) is 9.97 Å². The van der Waals surface area contributed by atoms with E-state index in [1.54, 1.807) is 17.7 Å². The van der Waals surface area contributed by atoms with Gasteiger partial charge in [-0.25, -0.2) is 9.97 Å². The molecule has 2 aliphatic carbocycles. The molecule has 2 aliphatic rings. The number of aromatic nitrogens is 3. The van der Waals surface area contributed by atoms with Crippen molar-refractivity contribution in [3.05, 3.63) is 81.7 Å². The van der Waals surface area contributed by atoms with Gasteiger partial charge in [0.15, 0.2) is 5.78 Å². The Hall–Kier alpha value is -3.59. The van der Waals surface area contributed by atoms with Crippen LogP contribution in [0.5, 0.6) is 0 Å².